The minimum absolute atomic E-state index is 0.164. The van der Waals surface area contributed by atoms with Gasteiger partial charge in [0.15, 0.2) is 0 Å². The summed E-state index contributed by atoms with van der Waals surface area (Å²) in [5.41, 5.74) is 3.36. The molecule has 0 spiro atoms. The van der Waals surface area contributed by atoms with E-state index in [0.29, 0.717) is 5.92 Å². The van der Waals surface area contributed by atoms with Gasteiger partial charge in [0.25, 0.3) is 0 Å². The van der Waals surface area contributed by atoms with Gasteiger partial charge in [-0.1, -0.05) is 12.1 Å². The summed E-state index contributed by atoms with van der Waals surface area (Å²) in [5, 5.41) is 0. The van der Waals surface area contributed by atoms with Gasteiger partial charge in [0.2, 0.25) is 5.91 Å². The van der Waals surface area contributed by atoms with Crippen LogP contribution in [-0.2, 0) is 4.79 Å². The van der Waals surface area contributed by atoms with Crippen molar-refractivity contribution in [2.45, 2.75) is 38.6 Å². The molecule has 1 amide bonds. The number of hydrogen-bond acceptors (Lipinski definition) is 3. The molecule has 0 bridgehead atoms. The molecule has 1 aromatic carbocycles. The molecule has 1 aliphatic rings. The van der Waals surface area contributed by atoms with Gasteiger partial charge < -0.3 is 14.5 Å². The Morgan fingerprint density at radius 1 is 1.32 bits per heavy atom. The molecular formula is C19H23N5O. The number of benzene rings is 1. The molecule has 0 unspecified atom stereocenters. The van der Waals surface area contributed by atoms with E-state index in [-0.39, 0.29) is 11.9 Å². The Morgan fingerprint density at radius 3 is 2.80 bits per heavy atom. The predicted octanol–water partition coefficient (Wildman–Crippen LogP) is 3.04. The number of carbonyl (C=O) groups is 1. The van der Waals surface area contributed by atoms with Gasteiger partial charge in [0.05, 0.1) is 17.4 Å². The predicted molar refractivity (Wildman–Crippen MR) is 96.3 cm³/mol. The number of amides is 1. The van der Waals surface area contributed by atoms with Gasteiger partial charge in [-0.25, -0.2) is 9.97 Å². The summed E-state index contributed by atoms with van der Waals surface area (Å²) in [6.45, 7) is 5.57. The monoisotopic (exact) mass is 337 g/mol. The molecule has 0 aliphatic carbocycles. The van der Waals surface area contributed by atoms with Crippen LogP contribution < -0.4 is 0 Å². The topological polar surface area (TPSA) is 66.8 Å². The van der Waals surface area contributed by atoms with E-state index in [9.17, 15) is 4.79 Å². The number of imidazole rings is 2. The number of hydrogen-bond donors (Lipinski definition) is 1. The Bertz CT molecular complexity index is 875. The number of H-pyrrole nitrogens is 1. The molecule has 1 saturated heterocycles. The summed E-state index contributed by atoms with van der Waals surface area (Å²) in [5.74, 6) is 1.61. The van der Waals surface area contributed by atoms with E-state index in [0.717, 1.165) is 42.8 Å². The molecule has 6 heteroatoms. The Hall–Kier alpha value is -2.63. The molecule has 3 aromatic rings. The normalized spacial score (nSPS) is 17.1. The number of nitrogens with one attached hydrogen (secondary N) is 1. The second-order valence-corrected chi connectivity index (χ2v) is 6.88. The maximum absolute atomic E-state index is 12.7. The van der Waals surface area contributed by atoms with Gasteiger partial charge in [-0.15, -0.1) is 0 Å². The van der Waals surface area contributed by atoms with Crippen LogP contribution in [0.25, 0.3) is 11.0 Å². The van der Waals surface area contributed by atoms with Crippen LogP contribution in [0.4, 0.5) is 0 Å². The Balaban J connectivity index is 1.44. The zero-order valence-electron chi connectivity index (χ0n) is 14.6. The molecule has 4 rings (SSSR count). The van der Waals surface area contributed by atoms with Gasteiger partial charge >= 0.3 is 0 Å². The van der Waals surface area contributed by atoms with Crippen molar-refractivity contribution in [3.05, 3.63) is 48.3 Å². The van der Waals surface area contributed by atoms with E-state index < -0.39 is 0 Å². The van der Waals surface area contributed by atoms with Crippen LogP contribution in [0.5, 0.6) is 0 Å². The van der Waals surface area contributed by atoms with Gasteiger partial charge in [-0.2, -0.15) is 0 Å². The molecule has 6 nitrogen and oxygen atoms in total. The Morgan fingerprint density at radius 2 is 2.12 bits per heavy atom. The first kappa shape index (κ1) is 15.9. The number of rotatable bonds is 3. The number of piperidine rings is 1. The zero-order valence-corrected chi connectivity index (χ0v) is 14.6. The lowest BCUT2D eigenvalue weighted by molar-refractivity contribution is -0.135. The number of aromatic nitrogens is 4. The number of para-hydroxylation sites is 1. The Labute approximate surface area is 146 Å². The van der Waals surface area contributed by atoms with Crippen LogP contribution in [0.1, 0.15) is 43.1 Å². The van der Waals surface area contributed by atoms with Crippen molar-refractivity contribution in [2.24, 2.45) is 0 Å². The van der Waals surface area contributed by atoms with Crippen LogP contribution in [0.15, 0.2) is 36.9 Å². The number of carbonyl (C=O) groups excluding carboxylic acids is 1. The van der Waals surface area contributed by atoms with E-state index in [4.69, 9.17) is 4.98 Å². The van der Waals surface area contributed by atoms with Crippen molar-refractivity contribution in [3.8, 4) is 0 Å². The number of fused-ring (bicyclic) bond motifs is 1. The van der Waals surface area contributed by atoms with Crippen molar-refractivity contribution in [1.82, 2.24) is 24.4 Å². The lowest BCUT2D eigenvalue weighted by Crippen LogP contribution is -2.41. The standard InChI is InChI=1S/C19H23N5O/c1-13-4-3-5-16-17(13)22-18(21-16)15-6-9-23(10-7-15)19(25)14(2)24-11-8-20-12-24/h3-5,8,11-12,14-15H,6-7,9-10H2,1-2H3,(H,21,22)/t14-/m0/s1. The highest BCUT2D eigenvalue weighted by Crippen LogP contribution is 2.29. The van der Waals surface area contributed by atoms with Crippen LogP contribution in [0.3, 0.4) is 0 Å². The molecule has 130 valence electrons. The van der Waals surface area contributed by atoms with E-state index in [1.165, 1.54) is 5.56 Å². The number of likely N-dealkylation sites (tertiary alicyclic amines) is 1. The lowest BCUT2D eigenvalue weighted by atomic mass is 9.95. The van der Waals surface area contributed by atoms with Crippen molar-refractivity contribution in [1.29, 1.82) is 0 Å². The van der Waals surface area contributed by atoms with E-state index in [2.05, 4.69) is 35.1 Å². The summed E-state index contributed by atoms with van der Waals surface area (Å²) < 4.78 is 1.86. The molecule has 1 atom stereocenters. The molecular weight excluding hydrogens is 314 g/mol. The average Bonchev–Trinajstić information content (AvgIpc) is 3.31. The number of aryl methyl sites for hydroxylation is 1. The second kappa shape index (κ2) is 6.35. The third-order valence-corrected chi connectivity index (χ3v) is 5.26. The summed E-state index contributed by atoms with van der Waals surface area (Å²) >= 11 is 0. The summed E-state index contributed by atoms with van der Waals surface area (Å²) in [6.07, 6.45) is 7.14. The molecule has 3 heterocycles. The minimum atomic E-state index is -0.201. The first-order chi connectivity index (χ1) is 12.1. The molecule has 1 aliphatic heterocycles. The van der Waals surface area contributed by atoms with Crippen molar-refractivity contribution < 1.29 is 4.79 Å². The fourth-order valence-corrected chi connectivity index (χ4v) is 3.65. The van der Waals surface area contributed by atoms with E-state index in [1.54, 1.807) is 12.5 Å². The van der Waals surface area contributed by atoms with Gasteiger partial charge in [0.1, 0.15) is 11.9 Å². The van der Waals surface area contributed by atoms with Crippen LogP contribution >= 0.6 is 0 Å². The molecule has 0 saturated carbocycles. The first-order valence-corrected chi connectivity index (χ1v) is 8.85. The highest BCUT2D eigenvalue weighted by molar-refractivity contribution is 5.80. The largest absolute Gasteiger partial charge is 0.342 e. The first-order valence-electron chi connectivity index (χ1n) is 8.85. The van der Waals surface area contributed by atoms with Gasteiger partial charge in [-0.3, -0.25) is 4.79 Å². The maximum atomic E-state index is 12.7. The highest BCUT2D eigenvalue weighted by atomic mass is 16.2. The molecule has 1 N–H and O–H groups in total. The van der Waals surface area contributed by atoms with Gasteiger partial charge in [-0.05, 0) is 38.3 Å². The summed E-state index contributed by atoms with van der Waals surface area (Å²) in [6, 6.07) is 6.02. The third kappa shape index (κ3) is 2.92. The Kier molecular flexibility index (Phi) is 4.03. The van der Waals surface area contributed by atoms with Crippen LogP contribution in [-0.4, -0.2) is 43.4 Å². The summed E-state index contributed by atoms with van der Waals surface area (Å²) in [4.78, 5) is 27.0. The van der Waals surface area contributed by atoms with Crippen molar-refractivity contribution >= 4 is 16.9 Å². The minimum Gasteiger partial charge on any atom is -0.342 e. The van der Waals surface area contributed by atoms with Gasteiger partial charge in [0, 0.05) is 31.4 Å². The van der Waals surface area contributed by atoms with Crippen LogP contribution in [0.2, 0.25) is 0 Å². The van der Waals surface area contributed by atoms with Crippen LogP contribution in [0, 0.1) is 6.92 Å². The molecule has 0 radical (unpaired) electrons. The highest BCUT2D eigenvalue weighted by Gasteiger charge is 2.28. The lowest BCUT2D eigenvalue weighted by Gasteiger charge is -2.33. The number of aromatic amines is 1. The van der Waals surface area contributed by atoms with E-state index in [1.807, 2.05) is 22.6 Å². The molecule has 2 aromatic heterocycles. The second-order valence-electron chi connectivity index (χ2n) is 6.88. The molecule has 25 heavy (non-hydrogen) atoms. The maximum Gasteiger partial charge on any atom is 0.245 e. The fourth-order valence-electron chi connectivity index (χ4n) is 3.65. The number of nitrogens with zero attached hydrogens (tertiary/aromatic N) is 4. The summed E-state index contributed by atoms with van der Waals surface area (Å²) in [7, 11) is 0. The molecule has 1 fully saturated rings. The van der Waals surface area contributed by atoms with Crippen molar-refractivity contribution in [3.63, 3.8) is 0 Å². The fraction of sp³-hybridized carbons (Fsp3) is 0.421. The zero-order chi connectivity index (χ0) is 17.4. The third-order valence-electron chi connectivity index (χ3n) is 5.26. The average molecular weight is 337 g/mol. The smallest absolute Gasteiger partial charge is 0.245 e. The SMILES string of the molecule is Cc1cccc2[nH]c(C3CCN(C(=O)[C@H](C)n4ccnc4)CC3)nc12. The van der Waals surface area contributed by atoms with Crippen molar-refractivity contribution in [2.75, 3.05) is 13.1 Å². The quantitative estimate of drug-likeness (QED) is 0.799. The van der Waals surface area contributed by atoms with E-state index >= 15 is 0 Å².